The molecule has 1 aliphatic rings. The molecule has 80 valence electrons. The van der Waals surface area contributed by atoms with Gasteiger partial charge in [-0.15, -0.1) is 0 Å². The van der Waals surface area contributed by atoms with Crippen LogP contribution in [0.15, 0.2) is 0 Å². The molecule has 0 spiro atoms. The Bertz CT molecular complexity index is 267. The minimum atomic E-state index is -1.55. The summed E-state index contributed by atoms with van der Waals surface area (Å²) in [4.78, 5) is 25.1. The molecule has 1 heterocycles. The van der Waals surface area contributed by atoms with Gasteiger partial charge in [0.1, 0.15) is 0 Å². The first-order valence-corrected chi connectivity index (χ1v) is 4.35. The first-order chi connectivity index (χ1) is 6.37. The molecule has 1 saturated heterocycles. The second-order valence-corrected chi connectivity index (χ2v) is 3.74. The minimum absolute atomic E-state index is 0.0145. The summed E-state index contributed by atoms with van der Waals surface area (Å²) in [5, 5.41) is 9.68. The van der Waals surface area contributed by atoms with Crippen molar-refractivity contribution in [3.63, 3.8) is 0 Å². The molecule has 6 nitrogen and oxygen atoms in total. The van der Waals surface area contributed by atoms with Crippen molar-refractivity contribution in [1.29, 1.82) is 0 Å². The van der Waals surface area contributed by atoms with E-state index in [0.717, 1.165) is 0 Å². The number of urea groups is 1. The molecule has 1 unspecified atom stereocenters. The summed E-state index contributed by atoms with van der Waals surface area (Å²) in [7, 11) is 3.23. The average Bonchev–Trinajstić information content (AvgIpc) is 2.48. The molecule has 6 heteroatoms. The van der Waals surface area contributed by atoms with Crippen LogP contribution in [0.25, 0.3) is 0 Å². The molecule has 0 bridgehead atoms. The Morgan fingerprint density at radius 2 is 2.07 bits per heavy atom. The van der Waals surface area contributed by atoms with Gasteiger partial charge in [-0.3, -0.25) is 4.79 Å². The van der Waals surface area contributed by atoms with Gasteiger partial charge in [0.2, 0.25) is 0 Å². The van der Waals surface area contributed by atoms with Crippen molar-refractivity contribution in [3.8, 4) is 0 Å². The van der Waals surface area contributed by atoms with Crippen molar-refractivity contribution in [2.45, 2.75) is 12.0 Å². The molecular weight excluding hydrogens is 186 g/mol. The predicted octanol–water partition coefficient (Wildman–Crippen LogP) is -1.41. The van der Waals surface area contributed by atoms with E-state index in [-0.39, 0.29) is 19.0 Å². The monoisotopic (exact) mass is 201 g/mol. The summed E-state index contributed by atoms with van der Waals surface area (Å²) in [6.45, 7) is 0.343. The van der Waals surface area contributed by atoms with E-state index in [1.165, 1.54) is 9.80 Å². The fourth-order valence-electron chi connectivity index (χ4n) is 1.44. The lowest BCUT2D eigenvalue weighted by atomic mass is 10.0. The zero-order valence-electron chi connectivity index (χ0n) is 8.36. The van der Waals surface area contributed by atoms with Crippen LogP contribution >= 0.6 is 0 Å². The van der Waals surface area contributed by atoms with Gasteiger partial charge in [0.25, 0.3) is 5.91 Å². The molecule has 0 aromatic heterocycles. The number of β-amino-alcohol motifs (C(OH)–C–C–N with tert-alkyl or cyclic N) is 1. The number of nitrogens with zero attached hydrogens (tertiary/aromatic N) is 2. The zero-order chi connectivity index (χ0) is 10.9. The van der Waals surface area contributed by atoms with Crippen molar-refractivity contribution in [3.05, 3.63) is 0 Å². The highest BCUT2D eigenvalue weighted by Gasteiger charge is 2.43. The molecule has 0 aromatic carbocycles. The fraction of sp³-hybridized carbons (Fsp3) is 0.750. The fourth-order valence-corrected chi connectivity index (χ4v) is 1.44. The van der Waals surface area contributed by atoms with Crippen LogP contribution in [-0.2, 0) is 4.79 Å². The van der Waals surface area contributed by atoms with Gasteiger partial charge in [-0.25, -0.2) is 4.79 Å². The number of likely N-dealkylation sites (tertiary alicyclic amines) is 1. The van der Waals surface area contributed by atoms with Crippen LogP contribution in [0, 0.1) is 0 Å². The number of hydrogen-bond acceptors (Lipinski definition) is 3. The maximum atomic E-state index is 11.4. The lowest BCUT2D eigenvalue weighted by Gasteiger charge is -2.22. The summed E-state index contributed by atoms with van der Waals surface area (Å²) in [6.07, 6.45) is 0.210. The van der Waals surface area contributed by atoms with E-state index in [1.54, 1.807) is 14.1 Å². The number of nitrogens with two attached hydrogens (primary N) is 1. The van der Waals surface area contributed by atoms with Gasteiger partial charge >= 0.3 is 6.03 Å². The third kappa shape index (κ3) is 1.79. The highest BCUT2D eigenvalue weighted by Crippen LogP contribution is 2.21. The van der Waals surface area contributed by atoms with Crippen LogP contribution in [0.1, 0.15) is 6.42 Å². The Morgan fingerprint density at radius 1 is 1.50 bits per heavy atom. The van der Waals surface area contributed by atoms with Crippen molar-refractivity contribution in [1.82, 2.24) is 9.80 Å². The summed E-state index contributed by atoms with van der Waals surface area (Å²) in [6, 6.07) is -0.220. The Morgan fingerprint density at radius 3 is 2.43 bits per heavy atom. The van der Waals surface area contributed by atoms with Crippen LogP contribution in [0.2, 0.25) is 0 Å². The number of amides is 3. The topological polar surface area (TPSA) is 86.9 Å². The number of primary amides is 1. The molecule has 0 aliphatic carbocycles. The first-order valence-electron chi connectivity index (χ1n) is 4.35. The van der Waals surface area contributed by atoms with Crippen LogP contribution in [0.4, 0.5) is 4.79 Å². The van der Waals surface area contributed by atoms with E-state index in [4.69, 9.17) is 5.73 Å². The molecule has 1 aliphatic heterocycles. The third-order valence-electron chi connectivity index (χ3n) is 2.36. The van der Waals surface area contributed by atoms with Crippen LogP contribution in [0.5, 0.6) is 0 Å². The zero-order valence-corrected chi connectivity index (χ0v) is 8.36. The molecule has 1 atom stereocenters. The van der Waals surface area contributed by atoms with Gasteiger partial charge in [-0.2, -0.15) is 0 Å². The van der Waals surface area contributed by atoms with Crippen molar-refractivity contribution in [2.75, 3.05) is 27.2 Å². The first kappa shape index (κ1) is 10.8. The van der Waals surface area contributed by atoms with E-state index >= 15 is 0 Å². The smallest absolute Gasteiger partial charge is 0.319 e. The molecule has 3 amide bonds. The summed E-state index contributed by atoms with van der Waals surface area (Å²) < 4.78 is 0. The van der Waals surface area contributed by atoms with Gasteiger partial charge in [0, 0.05) is 27.1 Å². The largest absolute Gasteiger partial charge is 0.378 e. The number of carbonyl (C=O) groups excluding carboxylic acids is 2. The van der Waals surface area contributed by atoms with Crippen molar-refractivity contribution < 1.29 is 14.7 Å². The van der Waals surface area contributed by atoms with Crippen LogP contribution < -0.4 is 5.73 Å². The maximum absolute atomic E-state index is 11.4. The van der Waals surface area contributed by atoms with Gasteiger partial charge in [0.05, 0.1) is 6.54 Å². The van der Waals surface area contributed by atoms with Gasteiger partial charge in [-0.05, 0) is 0 Å². The molecule has 0 saturated carbocycles. The third-order valence-corrected chi connectivity index (χ3v) is 2.36. The second-order valence-electron chi connectivity index (χ2n) is 3.74. The SMILES string of the molecule is CN(C)C(=O)N1CCC(O)(C(N)=O)C1. The number of aliphatic hydroxyl groups is 1. The molecule has 0 aromatic rings. The van der Waals surface area contributed by atoms with E-state index in [9.17, 15) is 14.7 Å². The van der Waals surface area contributed by atoms with E-state index in [2.05, 4.69) is 0 Å². The maximum Gasteiger partial charge on any atom is 0.319 e. The quantitative estimate of drug-likeness (QED) is 0.546. The van der Waals surface area contributed by atoms with E-state index in [0.29, 0.717) is 6.54 Å². The summed E-state index contributed by atoms with van der Waals surface area (Å²) >= 11 is 0. The molecule has 0 radical (unpaired) electrons. The van der Waals surface area contributed by atoms with E-state index in [1.807, 2.05) is 0 Å². The van der Waals surface area contributed by atoms with Crippen molar-refractivity contribution >= 4 is 11.9 Å². The van der Waals surface area contributed by atoms with E-state index < -0.39 is 11.5 Å². The Kier molecular flexibility index (Phi) is 2.66. The Balaban J connectivity index is 2.66. The highest BCUT2D eigenvalue weighted by molar-refractivity contribution is 5.85. The summed E-state index contributed by atoms with van der Waals surface area (Å²) in [5.74, 6) is -0.772. The average molecular weight is 201 g/mol. The predicted molar refractivity (Wildman–Crippen MR) is 49.4 cm³/mol. The minimum Gasteiger partial charge on any atom is -0.378 e. The highest BCUT2D eigenvalue weighted by atomic mass is 16.3. The lowest BCUT2D eigenvalue weighted by molar-refractivity contribution is -0.134. The lowest BCUT2D eigenvalue weighted by Crippen LogP contribution is -2.48. The molecular formula is C8H15N3O3. The van der Waals surface area contributed by atoms with Crippen molar-refractivity contribution in [2.24, 2.45) is 5.73 Å². The Labute approximate surface area is 82.3 Å². The van der Waals surface area contributed by atoms with Gasteiger partial charge < -0.3 is 20.6 Å². The molecule has 3 N–H and O–H groups in total. The number of carbonyl (C=O) groups is 2. The Hall–Kier alpha value is -1.30. The molecule has 1 fully saturated rings. The molecule has 1 rings (SSSR count). The van der Waals surface area contributed by atoms with Crippen LogP contribution in [0.3, 0.4) is 0 Å². The molecule has 14 heavy (non-hydrogen) atoms. The van der Waals surface area contributed by atoms with Gasteiger partial charge in [-0.1, -0.05) is 0 Å². The normalized spacial score (nSPS) is 26.4. The number of hydrogen-bond donors (Lipinski definition) is 2. The van der Waals surface area contributed by atoms with Crippen LogP contribution in [-0.4, -0.2) is 59.6 Å². The summed E-state index contributed by atoms with van der Waals surface area (Å²) in [5.41, 5.74) is 3.48. The number of rotatable bonds is 1. The standard InChI is InChI=1S/C8H15N3O3/c1-10(2)7(13)11-4-3-8(14,5-11)6(9)12/h14H,3-5H2,1-2H3,(H2,9,12). The second kappa shape index (κ2) is 3.45. The van der Waals surface area contributed by atoms with Gasteiger partial charge in [0.15, 0.2) is 5.60 Å².